The molecule has 5 nitrogen and oxygen atoms in total. The number of carbonyl (C=O) groups excluding carboxylic acids is 2. The third kappa shape index (κ3) is 2.47. The maximum atomic E-state index is 12.6. The van der Waals surface area contributed by atoms with Crippen molar-refractivity contribution in [3.63, 3.8) is 0 Å². The molecule has 0 amide bonds. The average molecular weight is 302 g/mol. The highest BCUT2D eigenvalue weighted by Crippen LogP contribution is 2.37. The van der Waals surface area contributed by atoms with Crippen molar-refractivity contribution in [3.8, 4) is 0 Å². The number of carbonyl (C=O) groups is 2. The van der Waals surface area contributed by atoms with Crippen molar-refractivity contribution in [2.24, 2.45) is 0 Å². The topological polar surface area (TPSA) is 61.2 Å². The van der Waals surface area contributed by atoms with E-state index < -0.39 is 11.3 Å². The molecule has 0 aliphatic carbocycles. The van der Waals surface area contributed by atoms with Gasteiger partial charge in [0.2, 0.25) is 5.82 Å². The Bertz CT molecular complexity index is 696. The van der Waals surface area contributed by atoms with E-state index in [1.54, 1.807) is 17.7 Å². The molecule has 2 aromatic rings. The summed E-state index contributed by atoms with van der Waals surface area (Å²) in [7, 11) is 0. The van der Waals surface area contributed by atoms with Gasteiger partial charge in [0, 0.05) is 23.7 Å². The van der Waals surface area contributed by atoms with Crippen LogP contribution in [0.25, 0.3) is 0 Å². The third-order valence-corrected chi connectivity index (χ3v) is 4.52. The molecule has 1 aliphatic rings. The van der Waals surface area contributed by atoms with E-state index in [0.717, 1.165) is 11.3 Å². The minimum atomic E-state index is -0.505. The van der Waals surface area contributed by atoms with Crippen LogP contribution in [0.3, 0.4) is 0 Å². The number of aromatic nitrogens is 2. The molecule has 0 saturated carbocycles. The van der Waals surface area contributed by atoms with Crippen molar-refractivity contribution in [1.29, 1.82) is 0 Å². The second-order valence-electron chi connectivity index (χ2n) is 4.56. The number of hydrogen-bond donors (Lipinski definition) is 0. The van der Waals surface area contributed by atoms with Crippen molar-refractivity contribution in [2.45, 2.75) is 18.1 Å². The fourth-order valence-electron chi connectivity index (χ4n) is 2.33. The highest BCUT2D eigenvalue weighted by atomic mass is 32.2. The first-order chi connectivity index (χ1) is 10.2. The molecule has 6 heteroatoms. The average Bonchev–Trinajstić information content (AvgIpc) is 2.97. The number of ketones is 1. The number of nitrogens with zero attached hydrogens (tertiary/aromatic N) is 2. The summed E-state index contributed by atoms with van der Waals surface area (Å²) in [4.78, 5) is 28.5. The monoisotopic (exact) mass is 302 g/mol. The molecule has 3 rings (SSSR count). The molecule has 0 radical (unpaired) electrons. The number of benzene rings is 1. The summed E-state index contributed by atoms with van der Waals surface area (Å²) < 4.78 is 6.58. The summed E-state index contributed by atoms with van der Waals surface area (Å²) in [5, 5.41) is -0.471. The quantitative estimate of drug-likeness (QED) is 0.816. The van der Waals surface area contributed by atoms with Gasteiger partial charge in [-0.3, -0.25) is 4.79 Å². The zero-order chi connectivity index (χ0) is 14.8. The molecule has 1 aromatic carbocycles. The van der Waals surface area contributed by atoms with Crippen molar-refractivity contribution < 1.29 is 14.3 Å². The number of rotatable bonds is 3. The minimum absolute atomic E-state index is 0.00889. The minimum Gasteiger partial charge on any atom is -0.460 e. The predicted molar refractivity (Wildman–Crippen MR) is 79.3 cm³/mol. The summed E-state index contributed by atoms with van der Waals surface area (Å²) in [6, 6.07) is 7.56. The van der Waals surface area contributed by atoms with Gasteiger partial charge in [-0.1, -0.05) is 24.3 Å². The number of fused-ring (bicyclic) bond motifs is 1. The normalized spacial score (nSPS) is 17.4. The first-order valence-electron chi connectivity index (χ1n) is 6.66. The molecule has 1 aliphatic heterocycles. The number of imidazole rings is 1. The van der Waals surface area contributed by atoms with Crippen LogP contribution in [0, 0.1) is 0 Å². The molecular weight excluding hydrogens is 288 g/mol. The molecule has 0 saturated heterocycles. The number of thioether (sulfide) groups is 1. The van der Waals surface area contributed by atoms with Gasteiger partial charge in [-0.25, -0.2) is 9.78 Å². The summed E-state index contributed by atoms with van der Waals surface area (Å²) in [5.41, 5.74) is 1.74. The van der Waals surface area contributed by atoms with Crippen molar-refractivity contribution in [1.82, 2.24) is 9.55 Å². The van der Waals surface area contributed by atoms with Crippen LogP contribution in [0.4, 0.5) is 0 Å². The molecule has 21 heavy (non-hydrogen) atoms. The van der Waals surface area contributed by atoms with Gasteiger partial charge in [0.1, 0.15) is 5.37 Å². The van der Waals surface area contributed by atoms with E-state index in [-0.39, 0.29) is 18.2 Å². The lowest BCUT2D eigenvalue weighted by Crippen LogP contribution is -2.25. The number of hydrogen-bond acceptors (Lipinski definition) is 5. The Balaban J connectivity index is 1.95. The number of Topliss-reactive ketones (excluding diaryl/α,β-unsaturated/α-hetero) is 1. The molecule has 1 unspecified atom stereocenters. The van der Waals surface area contributed by atoms with Gasteiger partial charge >= 0.3 is 5.97 Å². The molecule has 108 valence electrons. The van der Waals surface area contributed by atoms with E-state index in [2.05, 4.69) is 4.98 Å². The van der Waals surface area contributed by atoms with Crippen molar-refractivity contribution in [3.05, 3.63) is 53.6 Å². The van der Waals surface area contributed by atoms with Gasteiger partial charge in [0.05, 0.1) is 6.61 Å². The van der Waals surface area contributed by atoms with Gasteiger partial charge in [-0.15, -0.1) is 11.8 Å². The Morgan fingerprint density at radius 3 is 3.10 bits per heavy atom. The van der Waals surface area contributed by atoms with Crippen LogP contribution >= 0.6 is 11.8 Å². The van der Waals surface area contributed by atoms with Gasteiger partial charge in [0.25, 0.3) is 0 Å². The van der Waals surface area contributed by atoms with Crippen LogP contribution < -0.4 is 0 Å². The molecule has 1 aromatic heterocycles. The predicted octanol–water partition coefficient (Wildman–Crippen LogP) is 2.69. The lowest BCUT2D eigenvalue weighted by Gasteiger charge is -2.24. The van der Waals surface area contributed by atoms with Crippen molar-refractivity contribution in [2.75, 3.05) is 6.61 Å². The fourth-order valence-corrected chi connectivity index (χ4v) is 3.52. The van der Waals surface area contributed by atoms with E-state index in [9.17, 15) is 9.59 Å². The lowest BCUT2D eigenvalue weighted by atomic mass is 10.0. The Labute approximate surface area is 126 Å². The maximum Gasteiger partial charge on any atom is 0.374 e. The number of esters is 1. The van der Waals surface area contributed by atoms with Crippen LogP contribution in [-0.4, -0.2) is 27.9 Å². The molecule has 0 bridgehead atoms. The largest absolute Gasteiger partial charge is 0.460 e. The summed E-state index contributed by atoms with van der Waals surface area (Å²) in [5.74, 6) is 0.384. The van der Waals surface area contributed by atoms with E-state index in [1.807, 2.05) is 24.3 Å². The molecule has 2 heterocycles. The van der Waals surface area contributed by atoms with Crippen LogP contribution in [-0.2, 0) is 10.5 Å². The molecular formula is C15H14N2O3S. The first kappa shape index (κ1) is 13.9. The standard InChI is InChI=1S/C15H14N2O3S/c1-2-20-15(19)13-16-7-8-17(13)14-12(18)11-6-4-3-5-10(11)9-21-14/h3-8,14H,2,9H2,1H3. The summed E-state index contributed by atoms with van der Waals surface area (Å²) >= 11 is 1.49. The molecule has 0 fully saturated rings. The number of ether oxygens (including phenoxy) is 1. The molecule has 0 N–H and O–H groups in total. The SMILES string of the molecule is CCOC(=O)c1nccn1C1SCc2ccccc2C1=O. The Hall–Kier alpha value is -2.08. The van der Waals surface area contributed by atoms with Crippen LogP contribution in [0.15, 0.2) is 36.7 Å². The van der Waals surface area contributed by atoms with Crippen LogP contribution in [0.1, 0.15) is 38.8 Å². The molecule has 1 atom stereocenters. The Morgan fingerprint density at radius 1 is 1.48 bits per heavy atom. The fraction of sp³-hybridized carbons (Fsp3) is 0.267. The maximum absolute atomic E-state index is 12.6. The summed E-state index contributed by atoms with van der Waals surface area (Å²) in [6.45, 7) is 2.02. The van der Waals surface area contributed by atoms with Crippen LogP contribution in [0.5, 0.6) is 0 Å². The van der Waals surface area contributed by atoms with E-state index in [4.69, 9.17) is 4.74 Å². The first-order valence-corrected chi connectivity index (χ1v) is 7.71. The second-order valence-corrected chi connectivity index (χ2v) is 5.63. The zero-order valence-electron chi connectivity index (χ0n) is 11.5. The smallest absolute Gasteiger partial charge is 0.374 e. The lowest BCUT2D eigenvalue weighted by molar-refractivity contribution is 0.0506. The van der Waals surface area contributed by atoms with Crippen molar-refractivity contribution >= 4 is 23.5 Å². The van der Waals surface area contributed by atoms with Gasteiger partial charge in [-0.05, 0) is 12.5 Å². The Morgan fingerprint density at radius 2 is 2.29 bits per heavy atom. The van der Waals surface area contributed by atoms with E-state index in [0.29, 0.717) is 5.56 Å². The second kappa shape index (κ2) is 5.73. The third-order valence-electron chi connectivity index (χ3n) is 3.28. The van der Waals surface area contributed by atoms with Gasteiger partial charge < -0.3 is 9.30 Å². The highest BCUT2D eigenvalue weighted by Gasteiger charge is 2.31. The van der Waals surface area contributed by atoms with E-state index in [1.165, 1.54) is 18.0 Å². The van der Waals surface area contributed by atoms with Gasteiger partial charge in [0.15, 0.2) is 5.78 Å². The van der Waals surface area contributed by atoms with Gasteiger partial charge in [-0.2, -0.15) is 0 Å². The zero-order valence-corrected chi connectivity index (χ0v) is 12.3. The van der Waals surface area contributed by atoms with E-state index >= 15 is 0 Å². The summed E-state index contributed by atoms with van der Waals surface area (Å²) in [6.07, 6.45) is 3.16. The molecule has 0 spiro atoms. The van der Waals surface area contributed by atoms with Crippen LogP contribution in [0.2, 0.25) is 0 Å². The Kier molecular flexibility index (Phi) is 3.79. The highest BCUT2D eigenvalue weighted by molar-refractivity contribution is 7.99.